The molecule has 6 rings (SSSR count). The lowest BCUT2D eigenvalue weighted by atomic mass is 9.61. The van der Waals surface area contributed by atoms with Gasteiger partial charge in [0, 0.05) is 5.92 Å². The van der Waals surface area contributed by atoms with E-state index in [0.29, 0.717) is 13.2 Å². The van der Waals surface area contributed by atoms with Crippen LogP contribution in [0.25, 0.3) is 0 Å². The van der Waals surface area contributed by atoms with Gasteiger partial charge in [-0.15, -0.1) is 5.54 Å². The molecular formula is C32H40O7Si. The maximum atomic E-state index is 12.1. The van der Waals surface area contributed by atoms with E-state index >= 15 is 0 Å². The highest BCUT2D eigenvalue weighted by Crippen LogP contribution is 2.65. The topological polar surface area (TPSA) is 89.9 Å². The summed E-state index contributed by atoms with van der Waals surface area (Å²) in [4.78, 5) is 0. The highest BCUT2D eigenvalue weighted by atomic mass is 28.3. The molecule has 2 aliphatic heterocycles. The van der Waals surface area contributed by atoms with Crippen molar-refractivity contribution in [3.63, 3.8) is 0 Å². The molecule has 0 amide bonds. The number of aliphatic hydroxyl groups excluding tert-OH is 2. The van der Waals surface area contributed by atoms with Crippen LogP contribution in [0.1, 0.15) is 25.0 Å². The largest absolute Gasteiger partial charge is 0.389 e. The minimum absolute atomic E-state index is 0.149. The summed E-state index contributed by atoms with van der Waals surface area (Å²) in [6, 6.07) is 19.8. The Morgan fingerprint density at radius 1 is 0.825 bits per heavy atom. The molecule has 0 spiro atoms. The molecule has 2 heterocycles. The van der Waals surface area contributed by atoms with Gasteiger partial charge in [-0.2, -0.15) is 0 Å². The van der Waals surface area contributed by atoms with Gasteiger partial charge in [0.05, 0.1) is 37.4 Å². The first-order valence-corrected chi connectivity index (χ1v) is 17.7. The lowest BCUT2D eigenvalue weighted by Crippen LogP contribution is -2.63. The summed E-state index contributed by atoms with van der Waals surface area (Å²) in [7, 11) is -1.88. The fourth-order valence-corrected chi connectivity index (χ4v) is 7.41. The maximum absolute atomic E-state index is 12.1. The average molecular weight is 565 g/mol. The highest BCUT2D eigenvalue weighted by Gasteiger charge is 2.83. The van der Waals surface area contributed by atoms with Crippen LogP contribution in [0.2, 0.25) is 19.6 Å². The van der Waals surface area contributed by atoms with Gasteiger partial charge in [0.15, 0.2) is 5.79 Å². The molecule has 0 bridgehead atoms. The molecule has 0 aromatic heterocycles. The van der Waals surface area contributed by atoms with Gasteiger partial charge in [0.1, 0.15) is 38.1 Å². The zero-order chi connectivity index (χ0) is 28.3. The van der Waals surface area contributed by atoms with Crippen molar-refractivity contribution in [3.05, 3.63) is 71.8 Å². The van der Waals surface area contributed by atoms with E-state index in [1.54, 1.807) is 0 Å². The lowest BCUT2D eigenvalue weighted by Gasteiger charge is -2.47. The van der Waals surface area contributed by atoms with Crippen LogP contribution in [-0.4, -0.2) is 72.9 Å². The first-order chi connectivity index (χ1) is 19.0. The van der Waals surface area contributed by atoms with Crippen molar-refractivity contribution in [2.24, 2.45) is 11.3 Å². The molecule has 214 valence electrons. The van der Waals surface area contributed by atoms with E-state index in [9.17, 15) is 10.2 Å². The van der Waals surface area contributed by atoms with E-state index in [-0.39, 0.29) is 6.61 Å². The summed E-state index contributed by atoms with van der Waals surface area (Å²) in [5.41, 5.74) is 3.36. The minimum atomic E-state index is -1.88. The molecule has 9 atom stereocenters. The van der Waals surface area contributed by atoms with E-state index in [1.807, 2.05) is 74.5 Å². The van der Waals surface area contributed by atoms with Crippen LogP contribution >= 0.6 is 0 Å². The number of fused-ring (bicyclic) bond motifs is 4. The SMILES string of the molecule is CC1(C)O[C@@H]2[C@H](O1)[C@H]1[C@H](O)[C@]3(COCc4ccccc4)O[C@@H]3[C@H](O)[C@@]1(C#C[Si](C)(C)C)[C@@H]2OCc1ccccc1. The fraction of sp³-hybridized carbons (Fsp3) is 0.562. The highest BCUT2D eigenvalue weighted by molar-refractivity contribution is 6.83. The number of hydrogen-bond donors (Lipinski definition) is 2. The van der Waals surface area contributed by atoms with Crippen molar-refractivity contribution < 1.29 is 33.9 Å². The van der Waals surface area contributed by atoms with Crippen LogP contribution in [0.3, 0.4) is 0 Å². The lowest BCUT2D eigenvalue weighted by molar-refractivity contribution is -0.217. The predicted molar refractivity (Wildman–Crippen MR) is 152 cm³/mol. The minimum Gasteiger partial charge on any atom is -0.389 e. The van der Waals surface area contributed by atoms with Gasteiger partial charge in [0.25, 0.3) is 0 Å². The van der Waals surface area contributed by atoms with Gasteiger partial charge >= 0.3 is 0 Å². The predicted octanol–water partition coefficient (Wildman–Crippen LogP) is 3.68. The number of benzene rings is 2. The number of epoxide rings is 1. The molecule has 0 unspecified atom stereocenters. The normalized spacial score (nSPS) is 39.0. The zero-order valence-electron chi connectivity index (χ0n) is 23.9. The molecule has 4 aliphatic rings. The summed E-state index contributed by atoms with van der Waals surface area (Å²) in [5, 5.41) is 24.2. The maximum Gasteiger partial charge on any atom is 0.163 e. The summed E-state index contributed by atoms with van der Waals surface area (Å²) < 4.78 is 31.8. The second-order valence-electron chi connectivity index (χ2n) is 13.1. The van der Waals surface area contributed by atoms with Gasteiger partial charge in [0.2, 0.25) is 0 Å². The quantitative estimate of drug-likeness (QED) is 0.301. The molecule has 40 heavy (non-hydrogen) atoms. The molecule has 2 N–H and O–H groups in total. The number of rotatable bonds is 7. The van der Waals surface area contributed by atoms with Crippen molar-refractivity contribution in [2.45, 2.75) is 94.7 Å². The number of aliphatic hydroxyl groups is 2. The summed E-state index contributed by atoms with van der Waals surface area (Å²) in [5.74, 6) is 2.04. The van der Waals surface area contributed by atoms with Crippen molar-refractivity contribution in [3.8, 4) is 11.5 Å². The Morgan fingerprint density at radius 3 is 2.05 bits per heavy atom. The van der Waals surface area contributed by atoms with Crippen LogP contribution in [0.15, 0.2) is 60.7 Å². The summed E-state index contributed by atoms with van der Waals surface area (Å²) in [6.07, 6.45) is -4.34. The van der Waals surface area contributed by atoms with Crippen LogP contribution < -0.4 is 0 Å². The Hall–Kier alpha value is -2.06. The third-order valence-corrected chi connectivity index (χ3v) is 9.47. The second-order valence-corrected chi connectivity index (χ2v) is 17.9. The third-order valence-electron chi connectivity index (χ3n) is 8.59. The van der Waals surface area contributed by atoms with E-state index in [4.69, 9.17) is 23.7 Å². The van der Waals surface area contributed by atoms with E-state index in [0.717, 1.165) is 11.1 Å². The second kappa shape index (κ2) is 10.0. The average Bonchev–Trinajstić information content (AvgIpc) is 3.50. The van der Waals surface area contributed by atoms with Gasteiger partial charge in [-0.1, -0.05) is 86.2 Å². The molecule has 2 aromatic rings. The van der Waals surface area contributed by atoms with Gasteiger partial charge in [-0.3, -0.25) is 0 Å². The molecule has 2 aliphatic carbocycles. The first kappa shape index (κ1) is 28.1. The molecule has 7 nitrogen and oxygen atoms in total. The molecule has 4 fully saturated rings. The standard InChI is InChI=1S/C32H40O7Si/c1-30(2)37-24-23-26(33)32(20-35-18-21-12-8-6-9-13-21)29(39-32)27(34)31(23,16-17-40(3,4)5)28(25(24)38-30)36-19-22-14-10-7-11-15-22/h6-15,23-29,33-34H,18-20H2,1-5H3/t23-,24+,25+,26-,27-,28+,29+,31-,32-/m0/s1. The van der Waals surface area contributed by atoms with Crippen LogP contribution in [-0.2, 0) is 36.9 Å². The molecule has 2 saturated carbocycles. The van der Waals surface area contributed by atoms with E-state index in [2.05, 4.69) is 31.1 Å². The van der Waals surface area contributed by atoms with E-state index < -0.39 is 67.4 Å². The Labute approximate surface area is 237 Å². The van der Waals surface area contributed by atoms with Crippen molar-refractivity contribution >= 4 is 8.07 Å². The van der Waals surface area contributed by atoms with Crippen molar-refractivity contribution in [1.82, 2.24) is 0 Å². The number of ether oxygens (including phenoxy) is 5. The van der Waals surface area contributed by atoms with Crippen LogP contribution in [0.4, 0.5) is 0 Å². The number of hydrogen-bond acceptors (Lipinski definition) is 7. The van der Waals surface area contributed by atoms with Crippen molar-refractivity contribution in [1.29, 1.82) is 0 Å². The third kappa shape index (κ3) is 4.77. The Kier molecular flexibility index (Phi) is 7.05. The molecular weight excluding hydrogens is 524 g/mol. The Morgan fingerprint density at radius 2 is 1.43 bits per heavy atom. The Balaban J connectivity index is 1.36. The zero-order valence-corrected chi connectivity index (χ0v) is 24.9. The monoisotopic (exact) mass is 564 g/mol. The molecule has 8 heteroatoms. The summed E-state index contributed by atoms with van der Waals surface area (Å²) >= 11 is 0. The molecule has 0 radical (unpaired) electrons. The van der Waals surface area contributed by atoms with Crippen LogP contribution in [0.5, 0.6) is 0 Å². The van der Waals surface area contributed by atoms with Crippen molar-refractivity contribution in [2.75, 3.05) is 6.61 Å². The molecule has 2 aromatic carbocycles. The smallest absolute Gasteiger partial charge is 0.163 e. The molecule has 2 saturated heterocycles. The Bertz CT molecular complexity index is 1270. The van der Waals surface area contributed by atoms with Gasteiger partial charge < -0.3 is 33.9 Å². The van der Waals surface area contributed by atoms with Gasteiger partial charge in [-0.05, 0) is 25.0 Å². The first-order valence-electron chi connectivity index (χ1n) is 14.2. The van der Waals surface area contributed by atoms with Gasteiger partial charge in [-0.25, -0.2) is 0 Å². The fourth-order valence-electron chi connectivity index (χ4n) is 6.82. The van der Waals surface area contributed by atoms with Crippen LogP contribution in [0, 0.1) is 22.8 Å². The summed E-state index contributed by atoms with van der Waals surface area (Å²) in [6.45, 7) is 11.1. The van der Waals surface area contributed by atoms with E-state index in [1.165, 1.54) is 0 Å².